The van der Waals surface area contributed by atoms with Gasteiger partial charge < -0.3 is 20.2 Å². The number of carbonyl (C=O) groups is 5. The zero-order valence-corrected chi connectivity index (χ0v) is 19.2. The molecule has 0 radical (unpaired) electrons. The van der Waals surface area contributed by atoms with E-state index >= 15 is 0 Å². The Labute approximate surface area is 182 Å². The number of nitrogens with one attached hydrogen (secondary N) is 3. The molecule has 1 rings (SSSR count). The number of hydrogen-bond acceptors (Lipinski definition) is 7. The second-order valence-electron chi connectivity index (χ2n) is 8.84. The van der Waals surface area contributed by atoms with Crippen LogP contribution in [0.25, 0.3) is 0 Å². The van der Waals surface area contributed by atoms with Crippen molar-refractivity contribution in [2.45, 2.75) is 85.5 Å². The van der Waals surface area contributed by atoms with Crippen LogP contribution in [0.2, 0.25) is 0 Å². The van der Waals surface area contributed by atoms with Crippen molar-refractivity contribution in [1.29, 1.82) is 0 Å². The molecular weight excluding hydrogens is 408 g/mol. The van der Waals surface area contributed by atoms with Gasteiger partial charge in [0.1, 0.15) is 17.8 Å². The van der Waals surface area contributed by atoms with Crippen molar-refractivity contribution < 1.29 is 33.5 Å². The Kier molecular flexibility index (Phi) is 9.26. The van der Waals surface area contributed by atoms with Crippen molar-refractivity contribution >= 4 is 29.9 Å². The summed E-state index contributed by atoms with van der Waals surface area (Å²) in [5, 5.41) is 8.10. The second-order valence-corrected chi connectivity index (χ2v) is 8.84. The lowest BCUT2D eigenvalue weighted by molar-refractivity contribution is -0.171. The van der Waals surface area contributed by atoms with Crippen molar-refractivity contribution in [3.05, 3.63) is 0 Å². The van der Waals surface area contributed by atoms with Gasteiger partial charge in [0.2, 0.25) is 5.91 Å². The first kappa shape index (κ1) is 26.2. The van der Waals surface area contributed by atoms with Gasteiger partial charge in [0, 0.05) is 12.8 Å². The topological polar surface area (TPSA) is 143 Å². The molecule has 1 aliphatic rings. The average molecular weight is 443 g/mol. The van der Waals surface area contributed by atoms with E-state index in [0.717, 1.165) is 0 Å². The molecule has 31 heavy (non-hydrogen) atoms. The molecule has 0 bridgehead atoms. The Balaban J connectivity index is 2.81. The van der Waals surface area contributed by atoms with Gasteiger partial charge in [0.25, 0.3) is 11.8 Å². The summed E-state index contributed by atoms with van der Waals surface area (Å²) in [6.07, 6.45) is -2.10. The van der Waals surface area contributed by atoms with Crippen molar-refractivity contribution in [3.63, 3.8) is 0 Å². The fraction of sp³-hybridized carbons (Fsp3) is 0.750. The summed E-state index contributed by atoms with van der Waals surface area (Å²) < 4.78 is 5.24. The summed E-state index contributed by atoms with van der Waals surface area (Å²) in [4.78, 5) is 65.2. The molecule has 0 aliphatic carbocycles. The Morgan fingerprint density at radius 3 is 1.97 bits per heavy atom. The lowest BCUT2D eigenvalue weighted by Gasteiger charge is -2.29. The first-order valence-electron chi connectivity index (χ1n) is 10.4. The van der Waals surface area contributed by atoms with E-state index in [1.165, 1.54) is 0 Å². The molecule has 1 aliphatic heterocycles. The molecule has 0 aromatic carbocycles. The van der Waals surface area contributed by atoms with Gasteiger partial charge in [-0.3, -0.25) is 19.7 Å². The zero-order chi connectivity index (χ0) is 23.9. The van der Waals surface area contributed by atoms with Crippen LogP contribution in [-0.2, 0) is 24.0 Å². The van der Waals surface area contributed by atoms with E-state index in [1.807, 2.05) is 6.92 Å². The lowest BCUT2D eigenvalue weighted by atomic mass is 9.98. The Morgan fingerprint density at radius 2 is 1.52 bits per heavy atom. The first-order chi connectivity index (χ1) is 14.2. The molecular formula is C20H34N4O7. The van der Waals surface area contributed by atoms with Crippen LogP contribution in [0.15, 0.2) is 0 Å². The predicted molar refractivity (Wildman–Crippen MR) is 110 cm³/mol. The fourth-order valence-electron chi connectivity index (χ4n) is 2.64. The van der Waals surface area contributed by atoms with E-state index in [1.54, 1.807) is 41.5 Å². The van der Waals surface area contributed by atoms with Crippen LogP contribution >= 0.6 is 0 Å². The van der Waals surface area contributed by atoms with E-state index in [0.29, 0.717) is 11.5 Å². The lowest BCUT2D eigenvalue weighted by Crippen LogP contribution is -2.58. The summed E-state index contributed by atoms with van der Waals surface area (Å²) in [6, 6.07) is -0.902. The zero-order valence-electron chi connectivity index (χ0n) is 19.2. The molecule has 3 N–H and O–H groups in total. The molecule has 0 aromatic rings. The monoisotopic (exact) mass is 442 g/mol. The van der Waals surface area contributed by atoms with Crippen LogP contribution in [0.1, 0.15) is 67.7 Å². The van der Waals surface area contributed by atoms with Gasteiger partial charge >= 0.3 is 12.2 Å². The number of carbonyl (C=O) groups excluding carboxylic acids is 5. The highest BCUT2D eigenvalue weighted by Gasteiger charge is 2.34. The van der Waals surface area contributed by atoms with Gasteiger partial charge in [-0.25, -0.2) is 9.59 Å². The van der Waals surface area contributed by atoms with Gasteiger partial charge in [-0.15, -0.1) is 5.06 Å². The van der Waals surface area contributed by atoms with E-state index in [-0.39, 0.29) is 24.7 Å². The Bertz CT molecular complexity index is 686. The van der Waals surface area contributed by atoms with Gasteiger partial charge in [-0.05, 0) is 32.6 Å². The summed E-state index contributed by atoms with van der Waals surface area (Å²) in [6.45, 7) is 12.3. The molecule has 11 heteroatoms. The Hall–Kier alpha value is -2.85. The van der Waals surface area contributed by atoms with Crippen LogP contribution in [-0.4, -0.2) is 52.8 Å². The van der Waals surface area contributed by atoms with Crippen LogP contribution in [0.4, 0.5) is 9.59 Å². The van der Waals surface area contributed by atoms with Crippen LogP contribution in [0, 0.1) is 11.8 Å². The highest BCUT2D eigenvalue weighted by Crippen LogP contribution is 2.14. The maximum atomic E-state index is 12.9. The third-order valence-electron chi connectivity index (χ3n) is 4.59. The van der Waals surface area contributed by atoms with Crippen molar-refractivity contribution in [1.82, 2.24) is 21.0 Å². The molecule has 5 amide bonds. The Morgan fingerprint density at radius 1 is 0.968 bits per heavy atom. The molecule has 0 saturated carbocycles. The van der Waals surface area contributed by atoms with E-state index in [9.17, 15) is 24.0 Å². The minimum atomic E-state index is -1.05. The summed E-state index contributed by atoms with van der Waals surface area (Å²) in [5.41, 5.74) is -0.725. The minimum absolute atomic E-state index is 0.0244. The van der Waals surface area contributed by atoms with E-state index in [2.05, 4.69) is 16.0 Å². The number of rotatable bonds is 8. The third-order valence-corrected chi connectivity index (χ3v) is 4.59. The SMILES string of the molecule is CC[C@H](C)[C@H](NC(=O)OC(C)(C)C)C(=O)N[C@@H](NC(=O)ON1C(=O)CCC1=O)C(C)C. The van der Waals surface area contributed by atoms with Crippen molar-refractivity contribution in [2.24, 2.45) is 11.8 Å². The van der Waals surface area contributed by atoms with Gasteiger partial charge in [0.05, 0.1) is 0 Å². The van der Waals surface area contributed by atoms with Crippen LogP contribution < -0.4 is 16.0 Å². The molecule has 1 fully saturated rings. The third kappa shape index (κ3) is 8.42. The summed E-state index contributed by atoms with van der Waals surface area (Å²) >= 11 is 0. The molecule has 3 atom stereocenters. The molecule has 1 saturated heterocycles. The maximum Gasteiger partial charge on any atom is 0.433 e. The van der Waals surface area contributed by atoms with Gasteiger partial charge in [-0.1, -0.05) is 34.1 Å². The number of imide groups is 1. The number of ether oxygens (including phenoxy) is 1. The summed E-state index contributed by atoms with van der Waals surface area (Å²) in [5.74, 6) is -2.22. The van der Waals surface area contributed by atoms with Crippen molar-refractivity contribution in [3.8, 4) is 0 Å². The largest absolute Gasteiger partial charge is 0.444 e. The highest BCUT2D eigenvalue weighted by atomic mass is 16.7. The molecule has 0 aromatic heterocycles. The van der Waals surface area contributed by atoms with E-state index < -0.39 is 47.7 Å². The molecule has 11 nitrogen and oxygen atoms in total. The van der Waals surface area contributed by atoms with Crippen molar-refractivity contribution in [2.75, 3.05) is 0 Å². The van der Waals surface area contributed by atoms with Gasteiger partial charge in [0.15, 0.2) is 0 Å². The number of hydrogen-bond donors (Lipinski definition) is 3. The molecule has 0 unspecified atom stereocenters. The maximum absolute atomic E-state index is 12.9. The summed E-state index contributed by atoms with van der Waals surface area (Å²) in [7, 11) is 0. The van der Waals surface area contributed by atoms with Crippen LogP contribution in [0.5, 0.6) is 0 Å². The predicted octanol–water partition coefficient (Wildman–Crippen LogP) is 1.81. The van der Waals surface area contributed by atoms with Gasteiger partial charge in [-0.2, -0.15) is 0 Å². The first-order valence-corrected chi connectivity index (χ1v) is 10.4. The normalized spacial score (nSPS) is 17.1. The molecule has 1 heterocycles. The number of amides is 5. The van der Waals surface area contributed by atoms with E-state index in [4.69, 9.17) is 9.57 Å². The molecule has 176 valence electrons. The number of nitrogens with zero attached hydrogens (tertiary/aromatic N) is 1. The highest BCUT2D eigenvalue weighted by molar-refractivity contribution is 6.01. The smallest absolute Gasteiger partial charge is 0.433 e. The standard InChI is InChI=1S/C20H34N4O7/c1-8-12(4)15(21-18(28)30-20(5,6)7)17(27)22-16(11(2)3)23-19(29)31-24-13(25)9-10-14(24)26/h11-12,15-16H,8-10H2,1-7H3,(H,21,28)(H,22,27)(H,23,29)/t12-,15-,16-/m0/s1. The van der Waals surface area contributed by atoms with Crippen LogP contribution in [0.3, 0.4) is 0 Å². The number of hydroxylamine groups is 2. The molecule has 0 spiro atoms. The number of alkyl carbamates (subject to hydrolysis) is 1. The second kappa shape index (κ2) is 11.0. The quantitative estimate of drug-likeness (QED) is 0.384. The minimum Gasteiger partial charge on any atom is -0.444 e. The fourth-order valence-corrected chi connectivity index (χ4v) is 2.64. The average Bonchev–Trinajstić information content (AvgIpc) is 2.95.